The van der Waals surface area contributed by atoms with E-state index in [4.69, 9.17) is 18.5 Å². The number of nitrogens with zero attached hydrogens (tertiary/aromatic N) is 1. The quantitative estimate of drug-likeness (QED) is 0.0195. The van der Waals surface area contributed by atoms with E-state index < -0.39 is 32.5 Å². The van der Waals surface area contributed by atoms with Crippen molar-refractivity contribution < 1.29 is 42.1 Å². The largest absolute Gasteiger partial charge is 0.756 e. The average molecular weight is 1120 g/mol. The number of unbranched alkanes of at least 4 members (excludes halogenated alkanes) is 9. The minimum Gasteiger partial charge on any atom is -0.756 e. The Kier molecular flexibility index (Phi) is 55.2. The molecule has 80 heavy (non-hydrogen) atoms. The summed E-state index contributed by atoms with van der Waals surface area (Å²) >= 11 is 0. The van der Waals surface area contributed by atoms with Crippen LogP contribution in [0.15, 0.2) is 182 Å². The lowest BCUT2D eigenvalue weighted by molar-refractivity contribution is -0.870. The minimum absolute atomic E-state index is 0.0496. The van der Waals surface area contributed by atoms with Crippen molar-refractivity contribution in [1.29, 1.82) is 0 Å². The molecule has 0 amide bonds. The highest BCUT2D eigenvalue weighted by atomic mass is 31.2. The summed E-state index contributed by atoms with van der Waals surface area (Å²) < 4.78 is 34.0. The molecule has 0 aliphatic heterocycles. The number of phosphoric acid groups is 1. The second-order valence-electron chi connectivity index (χ2n) is 20.6. The van der Waals surface area contributed by atoms with Gasteiger partial charge in [0.1, 0.15) is 19.8 Å². The van der Waals surface area contributed by atoms with Crippen molar-refractivity contribution in [2.24, 2.45) is 0 Å². The highest BCUT2D eigenvalue weighted by Gasteiger charge is 2.21. The van der Waals surface area contributed by atoms with Crippen LogP contribution in [0.5, 0.6) is 0 Å². The van der Waals surface area contributed by atoms with Gasteiger partial charge in [0.15, 0.2) is 6.10 Å². The molecular formula is C70H110NO8P. The highest BCUT2D eigenvalue weighted by Crippen LogP contribution is 2.38. The molecule has 9 nitrogen and oxygen atoms in total. The predicted octanol–water partition coefficient (Wildman–Crippen LogP) is 19.0. The minimum atomic E-state index is -4.66. The van der Waals surface area contributed by atoms with Gasteiger partial charge in [-0.1, -0.05) is 228 Å². The lowest BCUT2D eigenvalue weighted by atomic mass is 10.1. The van der Waals surface area contributed by atoms with Crippen LogP contribution >= 0.6 is 7.82 Å². The van der Waals surface area contributed by atoms with E-state index in [1.165, 1.54) is 0 Å². The maximum absolute atomic E-state index is 12.8. The van der Waals surface area contributed by atoms with Gasteiger partial charge in [0.05, 0.1) is 27.7 Å². The topological polar surface area (TPSA) is 111 Å². The molecule has 0 aromatic heterocycles. The van der Waals surface area contributed by atoms with Crippen LogP contribution in [0.4, 0.5) is 0 Å². The first-order valence-electron chi connectivity index (χ1n) is 30.5. The van der Waals surface area contributed by atoms with Crippen LogP contribution < -0.4 is 4.89 Å². The fraction of sp³-hybridized carbons (Fsp3) is 0.543. The molecule has 2 atom stereocenters. The zero-order valence-corrected chi connectivity index (χ0v) is 51.6. The molecule has 0 aliphatic carbocycles. The lowest BCUT2D eigenvalue weighted by Crippen LogP contribution is -2.37. The van der Waals surface area contributed by atoms with Crippen molar-refractivity contribution >= 4 is 19.8 Å². The highest BCUT2D eigenvalue weighted by molar-refractivity contribution is 7.45. The van der Waals surface area contributed by atoms with Crippen molar-refractivity contribution in [3.05, 3.63) is 182 Å². The van der Waals surface area contributed by atoms with E-state index in [2.05, 4.69) is 196 Å². The maximum atomic E-state index is 12.8. The number of likely N-dealkylation sites (N-methyl/N-ethyl adjacent to an activating group) is 1. The fourth-order valence-corrected chi connectivity index (χ4v) is 8.03. The van der Waals surface area contributed by atoms with Crippen LogP contribution in [0.1, 0.15) is 194 Å². The van der Waals surface area contributed by atoms with E-state index >= 15 is 0 Å². The van der Waals surface area contributed by atoms with Gasteiger partial charge < -0.3 is 27.9 Å². The Bertz CT molecular complexity index is 2000. The zero-order chi connectivity index (χ0) is 58.4. The van der Waals surface area contributed by atoms with Crippen LogP contribution in [0.25, 0.3) is 0 Å². The smallest absolute Gasteiger partial charge is 0.306 e. The molecule has 0 heterocycles. The molecule has 2 unspecified atom stereocenters. The third-order valence-corrected chi connectivity index (χ3v) is 12.9. The number of phosphoric ester groups is 1. The molecule has 0 fully saturated rings. The van der Waals surface area contributed by atoms with Crippen LogP contribution in [0.3, 0.4) is 0 Å². The van der Waals surface area contributed by atoms with Gasteiger partial charge in [-0.05, 0) is 135 Å². The molecule has 0 aromatic carbocycles. The van der Waals surface area contributed by atoms with Gasteiger partial charge in [-0.3, -0.25) is 14.2 Å². The SMILES string of the molecule is CC/C=C\C/C=C\C/C=C\C/C=C\C/C=C\C/C=C\C/C=C\C/C=C\C/C=C\C/C=C\C/C=C\C/C=C\CCCCCCC(=O)OC(COC(=O)CCCCCCC/C=C\C/C=C\C/C=C\CC)COP(=O)([O-])OCC[N+](C)(C)C. The molecule has 0 spiro atoms. The number of rotatable bonds is 53. The normalized spacial score (nSPS) is 14.5. The number of esters is 2. The Morgan fingerprint density at radius 3 is 1.00 bits per heavy atom. The van der Waals surface area contributed by atoms with Crippen molar-refractivity contribution in [2.45, 2.75) is 200 Å². The summed E-state index contributed by atoms with van der Waals surface area (Å²) in [5.74, 6) is -0.900. The van der Waals surface area contributed by atoms with E-state index in [9.17, 15) is 19.0 Å². The summed E-state index contributed by atoms with van der Waals surface area (Å²) in [5, 5.41) is 0. The third-order valence-electron chi connectivity index (χ3n) is 11.9. The first-order valence-corrected chi connectivity index (χ1v) is 32.0. The first-order chi connectivity index (χ1) is 39.0. The lowest BCUT2D eigenvalue weighted by Gasteiger charge is -2.28. The number of hydrogen-bond acceptors (Lipinski definition) is 8. The second kappa shape index (κ2) is 58.8. The Balaban J connectivity index is 4.21. The van der Waals surface area contributed by atoms with Crippen molar-refractivity contribution in [3.63, 3.8) is 0 Å². The number of ether oxygens (including phenoxy) is 2. The van der Waals surface area contributed by atoms with Gasteiger partial charge in [0.25, 0.3) is 7.82 Å². The summed E-state index contributed by atoms with van der Waals surface area (Å²) in [5.41, 5.74) is 0. The molecular weight excluding hydrogens is 1010 g/mol. The average Bonchev–Trinajstić information content (AvgIpc) is 3.42. The van der Waals surface area contributed by atoms with Crippen LogP contribution in [-0.4, -0.2) is 70.0 Å². The second-order valence-corrected chi connectivity index (χ2v) is 22.0. The van der Waals surface area contributed by atoms with E-state index in [1.54, 1.807) is 0 Å². The summed E-state index contributed by atoms with van der Waals surface area (Å²) in [4.78, 5) is 37.8. The summed E-state index contributed by atoms with van der Waals surface area (Å²) in [6.07, 6.45) is 91.0. The third kappa shape index (κ3) is 62.3. The Morgan fingerprint density at radius 1 is 0.388 bits per heavy atom. The Labute approximate surface area is 489 Å². The van der Waals surface area contributed by atoms with Crippen molar-refractivity contribution in [2.75, 3.05) is 47.5 Å². The zero-order valence-electron chi connectivity index (χ0n) is 50.7. The molecule has 0 saturated carbocycles. The standard InChI is InChI=1S/C70H110NO8P/c1-6-8-10-12-14-16-18-20-22-23-24-25-26-27-28-29-30-31-32-33-34-35-36-37-38-39-40-41-42-43-44-45-46-47-49-51-53-55-57-59-61-63-70(73)79-68(67-78-80(74,75)77-65-64-71(3,4)5)66-76-69(72)62-60-58-56-54-52-50-48-21-19-17-15-13-11-9-7-2/h8-11,14-17,20-22,24-25,27-28,30-31,33-34,36-37,39-40,42-43,45-46,48-49,51,68H,6-7,12-13,18-19,23,26,29,32,35,38,41,44,47,50,52-67H2,1-5H3/b10-8-,11-9-,16-14-,17-15-,22-20-,25-24-,28-27-,31-30-,34-33-,37-36-,40-39-,43-42-,46-45-,48-21-,51-49-. The van der Waals surface area contributed by atoms with Crippen molar-refractivity contribution in [3.8, 4) is 0 Å². The maximum Gasteiger partial charge on any atom is 0.306 e. The molecule has 0 bridgehead atoms. The van der Waals surface area contributed by atoms with Crippen LogP contribution in [0, 0.1) is 0 Å². The molecule has 0 N–H and O–H groups in total. The molecule has 0 radical (unpaired) electrons. The first kappa shape index (κ1) is 75.1. The van der Waals surface area contributed by atoms with E-state index in [-0.39, 0.29) is 26.1 Å². The Morgan fingerprint density at radius 2 is 0.675 bits per heavy atom. The number of carbonyl (C=O) groups excluding carboxylic acids is 2. The van der Waals surface area contributed by atoms with Gasteiger partial charge in [-0.15, -0.1) is 0 Å². The van der Waals surface area contributed by atoms with E-state index in [0.717, 1.165) is 154 Å². The van der Waals surface area contributed by atoms with Gasteiger partial charge >= 0.3 is 11.9 Å². The number of allylic oxidation sites excluding steroid dienone is 30. The number of quaternary nitrogens is 1. The molecule has 0 rings (SSSR count). The van der Waals surface area contributed by atoms with Gasteiger partial charge in [-0.25, -0.2) is 0 Å². The molecule has 0 aliphatic rings. The summed E-state index contributed by atoms with van der Waals surface area (Å²) in [7, 11) is 1.11. The number of carbonyl (C=O) groups is 2. The van der Waals surface area contributed by atoms with Crippen LogP contribution in [0.2, 0.25) is 0 Å². The molecule has 10 heteroatoms. The summed E-state index contributed by atoms with van der Waals surface area (Å²) in [6, 6.07) is 0. The van der Waals surface area contributed by atoms with Gasteiger partial charge in [-0.2, -0.15) is 0 Å². The molecule has 448 valence electrons. The fourth-order valence-electron chi connectivity index (χ4n) is 7.30. The van der Waals surface area contributed by atoms with Crippen molar-refractivity contribution in [1.82, 2.24) is 0 Å². The van der Waals surface area contributed by atoms with Crippen LogP contribution in [-0.2, 0) is 32.7 Å². The molecule has 0 aromatic rings. The number of hydrogen-bond donors (Lipinski definition) is 0. The van der Waals surface area contributed by atoms with Gasteiger partial charge in [0.2, 0.25) is 0 Å². The Hall–Kier alpha value is -4.89. The van der Waals surface area contributed by atoms with E-state index in [0.29, 0.717) is 23.9 Å². The monoisotopic (exact) mass is 1120 g/mol. The molecule has 0 saturated heterocycles. The predicted molar refractivity (Wildman–Crippen MR) is 341 cm³/mol. The van der Waals surface area contributed by atoms with Gasteiger partial charge in [0, 0.05) is 12.8 Å². The van der Waals surface area contributed by atoms with E-state index in [1.807, 2.05) is 21.1 Å². The summed E-state index contributed by atoms with van der Waals surface area (Å²) in [6.45, 7) is 3.92.